The maximum atomic E-state index is 9.00. The first-order valence-electron chi connectivity index (χ1n) is 0.928. The number of carbonyl (C=O) groups is 1. The van der Waals surface area contributed by atoms with E-state index in [9.17, 15) is 0 Å². The summed E-state index contributed by atoms with van der Waals surface area (Å²) >= 11 is 0. The molecular weight excluding hydrogens is 157 g/mol. The van der Waals surface area contributed by atoms with Crippen LogP contribution in [0.25, 0.3) is 0 Å². The van der Waals surface area contributed by atoms with Crippen LogP contribution in [-0.4, -0.2) is 11.1 Å². The molecule has 0 spiro atoms. The molecule has 0 bridgehead atoms. The molecule has 0 aliphatic heterocycles. The summed E-state index contributed by atoms with van der Waals surface area (Å²) in [6.07, 6.45) is 0. The first-order valence-corrected chi connectivity index (χ1v) is 0.928. The summed E-state index contributed by atoms with van der Waals surface area (Å²) in [5.41, 5.74) is 0. The van der Waals surface area contributed by atoms with E-state index in [-0.39, 0.29) is 40.1 Å². The second-order valence-electron chi connectivity index (χ2n) is 0.519. The van der Waals surface area contributed by atoms with E-state index in [1.165, 1.54) is 0 Å². The fourth-order valence-electron chi connectivity index (χ4n) is 0. The molecule has 3 heteroatoms. The van der Waals surface area contributed by atoms with Crippen molar-refractivity contribution in [1.29, 1.82) is 0 Å². The molecule has 0 atom stereocenters. The van der Waals surface area contributed by atoms with Gasteiger partial charge in [0.15, 0.2) is 0 Å². The summed E-state index contributed by atoms with van der Waals surface area (Å²) in [7, 11) is 0. The third kappa shape index (κ3) is 177. The van der Waals surface area contributed by atoms with Gasteiger partial charge in [-0.05, 0) is 0 Å². The summed E-state index contributed by atoms with van der Waals surface area (Å²) in [6.45, 7) is 1.08. The van der Waals surface area contributed by atoms with E-state index in [0.29, 0.717) is 0 Å². The maximum Gasteiger partial charge on any atom is 0.300 e. The standard InChI is InChI=1S/C2H4O2.CH3.Y/c1-2(3)4;;/h1H3,(H,3,4);1H3;/q;-1;. The second-order valence-corrected chi connectivity index (χ2v) is 0.519. The van der Waals surface area contributed by atoms with Crippen molar-refractivity contribution < 1.29 is 42.6 Å². The van der Waals surface area contributed by atoms with E-state index in [4.69, 9.17) is 9.90 Å². The fraction of sp³-hybridized carbons (Fsp3) is 0.333. The molecule has 0 unspecified atom stereocenters. The normalized spacial score (nSPS) is 4.17. The zero-order valence-corrected chi connectivity index (χ0v) is 6.77. The van der Waals surface area contributed by atoms with Gasteiger partial charge in [-0.1, -0.05) is 0 Å². The summed E-state index contributed by atoms with van der Waals surface area (Å²) in [5.74, 6) is -0.833. The van der Waals surface area contributed by atoms with Crippen LogP contribution in [0.2, 0.25) is 0 Å². The Morgan fingerprint density at radius 1 is 1.67 bits per heavy atom. The first kappa shape index (κ1) is 16.0. The molecular formula is C3H7O2Y-. The van der Waals surface area contributed by atoms with Gasteiger partial charge in [-0.25, -0.2) is 0 Å². The number of hydrogen-bond acceptors (Lipinski definition) is 1. The molecule has 6 heavy (non-hydrogen) atoms. The van der Waals surface area contributed by atoms with E-state index in [0.717, 1.165) is 6.92 Å². The number of carboxylic acids is 1. The van der Waals surface area contributed by atoms with Crippen LogP contribution < -0.4 is 0 Å². The van der Waals surface area contributed by atoms with Crippen molar-refractivity contribution in [2.45, 2.75) is 6.92 Å². The zero-order chi connectivity index (χ0) is 3.58. The van der Waals surface area contributed by atoms with Crippen molar-refractivity contribution in [3.05, 3.63) is 7.43 Å². The molecule has 0 aliphatic rings. The van der Waals surface area contributed by atoms with Gasteiger partial charge in [-0.2, -0.15) is 0 Å². The SMILES string of the molecule is CC(=O)O.[CH3-].[Y]. The van der Waals surface area contributed by atoms with Gasteiger partial charge in [-0.15, -0.1) is 0 Å². The number of carboxylic acid groups (broad SMARTS) is 1. The molecule has 0 fully saturated rings. The number of hydrogen-bond donors (Lipinski definition) is 1. The average Bonchev–Trinajstić information content (AvgIpc) is 0.811. The summed E-state index contributed by atoms with van der Waals surface area (Å²) in [6, 6.07) is 0. The van der Waals surface area contributed by atoms with Gasteiger partial charge < -0.3 is 12.5 Å². The molecule has 1 radical (unpaired) electrons. The molecule has 0 heterocycles. The minimum atomic E-state index is -0.833. The van der Waals surface area contributed by atoms with Gasteiger partial charge >= 0.3 is 0 Å². The molecule has 2 nitrogen and oxygen atoms in total. The summed E-state index contributed by atoms with van der Waals surface area (Å²) in [5, 5.41) is 7.42. The average molecular weight is 164 g/mol. The third-order valence-corrected chi connectivity index (χ3v) is 0. The molecule has 1 N–H and O–H groups in total. The van der Waals surface area contributed by atoms with Crippen LogP contribution in [0.15, 0.2) is 0 Å². The van der Waals surface area contributed by atoms with E-state index in [2.05, 4.69) is 0 Å². The minimum absolute atomic E-state index is 0. The van der Waals surface area contributed by atoms with Crippen molar-refractivity contribution in [3.8, 4) is 0 Å². The Labute approximate surface area is 62.8 Å². The zero-order valence-electron chi connectivity index (χ0n) is 3.93. The van der Waals surface area contributed by atoms with Gasteiger partial charge in [-0.3, -0.25) is 4.79 Å². The first-order chi connectivity index (χ1) is 1.73. The van der Waals surface area contributed by atoms with E-state index >= 15 is 0 Å². The predicted octanol–water partition coefficient (Wildman–Crippen LogP) is 0.539. The van der Waals surface area contributed by atoms with Gasteiger partial charge in [0.05, 0.1) is 0 Å². The van der Waals surface area contributed by atoms with Crippen LogP contribution in [0, 0.1) is 7.43 Å². The third-order valence-electron chi connectivity index (χ3n) is 0. The van der Waals surface area contributed by atoms with Crippen molar-refractivity contribution in [1.82, 2.24) is 0 Å². The summed E-state index contributed by atoms with van der Waals surface area (Å²) in [4.78, 5) is 9.00. The van der Waals surface area contributed by atoms with Gasteiger partial charge in [0, 0.05) is 39.6 Å². The molecule has 0 aromatic rings. The Bertz CT molecular complexity index is 31.8. The van der Waals surface area contributed by atoms with E-state index < -0.39 is 5.97 Å². The van der Waals surface area contributed by atoms with Crippen LogP contribution in [0.1, 0.15) is 6.92 Å². The van der Waals surface area contributed by atoms with Crippen LogP contribution in [-0.2, 0) is 37.5 Å². The van der Waals surface area contributed by atoms with Crippen LogP contribution in [0.3, 0.4) is 0 Å². The van der Waals surface area contributed by atoms with Crippen LogP contribution in [0.4, 0.5) is 0 Å². The molecule has 0 rings (SSSR count). The van der Waals surface area contributed by atoms with Crippen LogP contribution >= 0.6 is 0 Å². The Balaban J connectivity index is -0.0000000450. The van der Waals surface area contributed by atoms with Crippen molar-refractivity contribution in [3.63, 3.8) is 0 Å². The van der Waals surface area contributed by atoms with Crippen molar-refractivity contribution in [2.75, 3.05) is 0 Å². The van der Waals surface area contributed by atoms with Crippen molar-refractivity contribution >= 4 is 5.97 Å². The molecule has 0 amide bonds. The number of rotatable bonds is 0. The van der Waals surface area contributed by atoms with Crippen LogP contribution in [0.5, 0.6) is 0 Å². The molecule has 0 saturated heterocycles. The molecule has 35 valence electrons. The largest absolute Gasteiger partial charge is 0.481 e. The van der Waals surface area contributed by atoms with Crippen molar-refractivity contribution in [2.24, 2.45) is 0 Å². The smallest absolute Gasteiger partial charge is 0.300 e. The quantitative estimate of drug-likeness (QED) is 0.530. The minimum Gasteiger partial charge on any atom is -0.481 e. The Hall–Kier alpha value is 0.574. The Kier molecular flexibility index (Phi) is 24.3. The molecule has 0 saturated carbocycles. The predicted molar refractivity (Wildman–Crippen MR) is 19.7 cm³/mol. The molecule has 0 aromatic heterocycles. The Morgan fingerprint density at radius 2 is 1.67 bits per heavy atom. The van der Waals surface area contributed by atoms with Gasteiger partial charge in [0.25, 0.3) is 5.97 Å². The second kappa shape index (κ2) is 9.13. The van der Waals surface area contributed by atoms with E-state index in [1.54, 1.807) is 0 Å². The number of aliphatic carboxylic acids is 1. The maximum absolute atomic E-state index is 9.00. The van der Waals surface area contributed by atoms with Gasteiger partial charge in [0.1, 0.15) is 0 Å². The summed E-state index contributed by atoms with van der Waals surface area (Å²) < 4.78 is 0. The fourth-order valence-corrected chi connectivity index (χ4v) is 0. The Morgan fingerprint density at radius 3 is 1.67 bits per heavy atom. The molecule has 0 aromatic carbocycles. The molecule has 0 aliphatic carbocycles. The topological polar surface area (TPSA) is 37.3 Å². The monoisotopic (exact) mass is 164 g/mol. The van der Waals surface area contributed by atoms with Gasteiger partial charge in [0.2, 0.25) is 0 Å². The van der Waals surface area contributed by atoms with E-state index in [1.807, 2.05) is 0 Å².